The van der Waals surface area contributed by atoms with Gasteiger partial charge in [-0.2, -0.15) is 0 Å². The van der Waals surface area contributed by atoms with E-state index < -0.39 is 5.97 Å². The summed E-state index contributed by atoms with van der Waals surface area (Å²) < 4.78 is 16.6. The molecule has 122 valence electrons. The molecule has 1 aliphatic heterocycles. The van der Waals surface area contributed by atoms with E-state index in [1.807, 2.05) is 24.3 Å². The van der Waals surface area contributed by atoms with E-state index in [0.717, 1.165) is 10.0 Å². The molecule has 0 bridgehead atoms. The maximum atomic E-state index is 12.1. The van der Waals surface area contributed by atoms with Crippen molar-refractivity contribution >= 4 is 33.9 Å². The van der Waals surface area contributed by atoms with Crippen LogP contribution in [0.15, 0.2) is 57.6 Å². The molecule has 1 aliphatic rings. The largest absolute Gasteiger partial charge is 0.497 e. The fourth-order valence-electron chi connectivity index (χ4n) is 2.24. The molecule has 0 aromatic heterocycles. The van der Waals surface area contributed by atoms with E-state index in [4.69, 9.17) is 14.2 Å². The quantitative estimate of drug-likeness (QED) is 0.591. The predicted molar refractivity (Wildman–Crippen MR) is 94.3 cm³/mol. The normalized spacial score (nSPS) is 15.2. The number of carbonyl (C=O) groups is 1. The van der Waals surface area contributed by atoms with Crippen LogP contribution in [0.25, 0.3) is 6.08 Å². The zero-order valence-corrected chi connectivity index (χ0v) is 14.7. The first-order valence-corrected chi connectivity index (χ1v) is 7.91. The summed E-state index contributed by atoms with van der Waals surface area (Å²) >= 11 is 3.43. The number of aliphatic imine (C=N–C) groups is 1. The van der Waals surface area contributed by atoms with Crippen molar-refractivity contribution in [1.29, 1.82) is 0 Å². The van der Waals surface area contributed by atoms with Gasteiger partial charge in [0.25, 0.3) is 0 Å². The summed E-state index contributed by atoms with van der Waals surface area (Å²) in [5.41, 5.74) is 1.64. The number of hydrogen-bond acceptors (Lipinski definition) is 5. The average molecular weight is 388 g/mol. The van der Waals surface area contributed by atoms with Crippen molar-refractivity contribution in [2.45, 2.75) is 0 Å². The minimum absolute atomic E-state index is 0.212. The second-order valence-corrected chi connectivity index (χ2v) is 5.78. The molecular weight excluding hydrogens is 374 g/mol. The molecule has 3 rings (SSSR count). The van der Waals surface area contributed by atoms with Crippen LogP contribution in [0, 0.1) is 0 Å². The van der Waals surface area contributed by atoms with Gasteiger partial charge in [0.15, 0.2) is 5.70 Å². The lowest BCUT2D eigenvalue weighted by atomic mass is 10.1. The Bertz CT molecular complexity index is 858. The second-order valence-electron chi connectivity index (χ2n) is 4.92. The molecule has 0 spiro atoms. The first-order chi connectivity index (χ1) is 11.6. The fourth-order valence-corrected chi connectivity index (χ4v) is 2.70. The van der Waals surface area contributed by atoms with Crippen molar-refractivity contribution in [3.8, 4) is 11.5 Å². The number of halogens is 1. The molecular formula is C18H14BrNO4. The van der Waals surface area contributed by atoms with Crippen molar-refractivity contribution in [1.82, 2.24) is 0 Å². The van der Waals surface area contributed by atoms with E-state index in [1.54, 1.807) is 38.5 Å². The van der Waals surface area contributed by atoms with Gasteiger partial charge in [-0.3, -0.25) is 0 Å². The van der Waals surface area contributed by atoms with Crippen molar-refractivity contribution < 1.29 is 19.0 Å². The van der Waals surface area contributed by atoms with E-state index >= 15 is 0 Å². The lowest BCUT2D eigenvalue weighted by Gasteiger charge is -2.07. The summed E-state index contributed by atoms with van der Waals surface area (Å²) in [5.74, 6) is 1.02. The van der Waals surface area contributed by atoms with Crippen LogP contribution >= 0.6 is 15.9 Å². The highest BCUT2D eigenvalue weighted by Crippen LogP contribution is 2.29. The molecule has 2 aromatic carbocycles. The number of carbonyl (C=O) groups excluding carboxylic acids is 1. The predicted octanol–water partition coefficient (Wildman–Crippen LogP) is 3.81. The number of methoxy groups -OCH3 is 2. The molecule has 0 fully saturated rings. The average Bonchev–Trinajstić information content (AvgIpc) is 2.96. The first kappa shape index (κ1) is 16.3. The Labute approximate surface area is 147 Å². The highest BCUT2D eigenvalue weighted by Gasteiger charge is 2.25. The summed E-state index contributed by atoms with van der Waals surface area (Å²) in [4.78, 5) is 16.4. The van der Waals surface area contributed by atoms with Gasteiger partial charge in [0, 0.05) is 16.1 Å². The minimum Gasteiger partial charge on any atom is -0.497 e. The number of rotatable bonds is 4. The molecule has 2 aromatic rings. The molecule has 0 unspecified atom stereocenters. The minimum atomic E-state index is -0.501. The first-order valence-electron chi connectivity index (χ1n) is 7.12. The van der Waals surface area contributed by atoms with Gasteiger partial charge in [-0.15, -0.1) is 0 Å². The number of hydrogen-bond donors (Lipinski definition) is 0. The van der Waals surface area contributed by atoms with Crippen LogP contribution in [-0.2, 0) is 9.53 Å². The van der Waals surface area contributed by atoms with E-state index in [2.05, 4.69) is 20.9 Å². The summed E-state index contributed by atoms with van der Waals surface area (Å²) in [5, 5.41) is 0. The molecule has 0 N–H and O–H groups in total. The van der Waals surface area contributed by atoms with Gasteiger partial charge in [0.2, 0.25) is 5.90 Å². The van der Waals surface area contributed by atoms with Crippen LogP contribution in [0.2, 0.25) is 0 Å². The molecule has 5 nitrogen and oxygen atoms in total. The van der Waals surface area contributed by atoms with E-state index in [0.29, 0.717) is 17.1 Å². The van der Waals surface area contributed by atoms with E-state index in [9.17, 15) is 4.79 Å². The lowest BCUT2D eigenvalue weighted by Crippen LogP contribution is -2.05. The zero-order chi connectivity index (χ0) is 17.1. The van der Waals surface area contributed by atoms with Crippen LogP contribution < -0.4 is 9.47 Å². The zero-order valence-electron chi connectivity index (χ0n) is 13.1. The monoisotopic (exact) mass is 387 g/mol. The lowest BCUT2D eigenvalue weighted by molar-refractivity contribution is -0.129. The Hall–Kier alpha value is -2.60. The SMILES string of the molecule is COc1ccc(C=C2N=C(c3ccccc3Br)OC2=O)c(OC)c1. The number of benzene rings is 2. The van der Waals surface area contributed by atoms with Crippen LogP contribution in [0.4, 0.5) is 0 Å². The van der Waals surface area contributed by atoms with Gasteiger partial charge in [-0.05, 0) is 46.3 Å². The second kappa shape index (κ2) is 6.88. The molecule has 0 radical (unpaired) electrons. The Morgan fingerprint density at radius 3 is 2.62 bits per heavy atom. The highest BCUT2D eigenvalue weighted by atomic mass is 79.9. The standard InChI is InChI=1S/C18H14BrNO4/c1-22-12-8-7-11(16(10-12)23-2)9-15-18(21)24-17(20-15)13-5-3-4-6-14(13)19/h3-10H,1-2H3. The Morgan fingerprint density at radius 1 is 1.12 bits per heavy atom. The number of nitrogens with zero attached hydrogens (tertiary/aromatic N) is 1. The maximum Gasteiger partial charge on any atom is 0.363 e. The van der Waals surface area contributed by atoms with Crippen LogP contribution in [0.5, 0.6) is 11.5 Å². The van der Waals surface area contributed by atoms with E-state index in [-0.39, 0.29) is 11.6 Å². The Kier molecular flexibility index (Phi) is 4.66. The molecule has 1 heterocycles. The van der Waals surface area contributed by atoms with Crippen molar-refractivity contribution in [2.24, 2.45) is 4.99 Å². The molecule has 0 aliphatic carbocycles. The Balaban J connectivity index is 1.99. The molecule has 0 atom stereocenters. The van der Waals surface area contributed by atoms with Crippen LogP contribution in [-0.4, -0.2) is 26.1 Å². The van der Waals surface area contributed by atoms with Gasteiger partial charge < -0.3 is 14.2 Å². The van der Waals surface area contributed by atoms with Gasteiger partial charge in [-0.1, -0.05) is 12.1 Å². The summed E-state index contributed by atoms with van der Waals surface area (Å²) in [6, 6.07) is 12.7. The van der Waals surface area contributed by atoms with Crippen LogP contribution in [0.1, 0.15) is 11.1 Å². The molecule has 0 amide bonds. The van der Waals surface area contributed by atoms with Gasteiger partial charge in [-0.25, -0.2) is 9.79 Å². The number of esters is 1. The summed E-state index contributed by atoms with van der Waals surface area (Å²) in [6.45, 7) is 0. The van der Waals surface area contributed by atoms with Gasteiger partial charge >= 0.3 is 5.97 Å². The summed E-state index contributed by atoms with van der Waals surface area (Å²) in [7, 11) is 3.13. The third-order valence-electron chi connectivity index (χ3n) is 3.46. The van der Waals surface area contributed by atoms with Crippen molar-refractivity contribution in [3.63, 3.8) is 0 Å². The molecule has 0 saturated carbocycles. The van der Waals surface area contributed by atoms with Crippen LogP contribution in [0.3, 0.4) is 0 Å². The Morgan fingerprint density at radius 2 is 1.92 bits per heavy atom. The molecule has 0 saturated heterocycles. The molecule has 24 heavy (non-hydrogen) atoms. The number of ether oxygens (including phenoxy) is 3. The maximum absolute atomic E-state index is 12.1. The van der Waals surface area contributed by atoms with Crippen molar-refractivity contribution in [3.05, 3.63) is 63.8 Å². The summed E-state index contributed by atoms with van der Waals surface area (Å²) in [6.07, 6.45) is 1.63. The number of cyclic esters (lactones) is 1. The highest BCUT2D eigenvalue weighted by molar-refractivity contribution is 9.10. The fraction of sp³-hybridized carbons (Fsp3) is 0.111. The molecule has 6 heteroatoms. The smallest absolute Gasteiger partial charge is 0.363 e. The van der Waals surface area contributed by atoms with E-state index in [1.165, 1.54) is 0 Å². The topological polar surface area (TPSA) is 57.1 Å². The third-order valence-corrected chi connectivity index (χ3v) is 4.15. The van der Waals surface area contributed by atoms with Gasteiger partial charge in [0.1, 0.15) is 11.5 Å². The third kappa shape index (κ3) is 3.19. The van der Waals surface area contributed by atoms with Gasteiger partial charge in [0.05, 0.1) is 19.8 Å². The van der Waals surface area contributed by atoms with Crippen molar-refractivity contribution in [2.75, 3.05) is 14.2 Å².